The van der Waals surface area contributed by atoms with Gasteiger partial charge in [0.1, 0.15) is 0 Å². The van der Waals surface area contributed by atoms with Crippen LogP contribution in [0.15, 0.2) is 49.1 Å². The fourth-order valence-corrected chi connectivity index (χ4v) is 1.88. The number of benzene rings is 1. The molecule has 0 nitrogen and oxygen atoms in total. The lowest BCUT2D eigenvalue weighted by atomic mass is 10.0. The van der Waals surface area contributed by atoms with Crippen LogP contribution < -0.4 is 0 Å². The quantitative estimate of drug-likeness (QED) is 0.543. The number of unbranched alkanes of at least 4 members (excludes halogenated alkanes) is 1. The molecule has 0 unspecified atom stereocenters. The van der Waals surface area contributed by atoms with Gasteiger partial charge in [-0.25, -0.2) is 0 Å². The summed E-state index contributed by atoms with van der Waals surface area (Å²) in [5.74, 6) is 0. The van der Waals surface area contributed by atoms with E-state index in [1.165, 1.54) is 36.8 Å². The van der Waals surface area contributed by atoms with Gasteiger partial charge >= 0.3 is 0 Å². The Bertz CT molecular complexity index is 343. The van der Waals surface area contributed by atoms with Gasteiger partial charge in [-0.05, 0) is 43.2 Å². The van der Waals surface area contributed by atoms with E-state index in [4.69, 9.17) is 0 Å². The summed E-state index contributed by atoms with van der Waals surface area (Å²) in [5, 5.41) is 0. The average molecular weight is 228 g/mol. The molecule has 0 N–H and O–H groups in total. The van der Waals surface area contributed by atoms with Crippen molar-refractivity contribution in [3.63, 3.8) is 0 Å². The maximum atomic E-state index is 3.93. The average Bonchev–Trinajstić information content (AvgIpc) is 2.37. The van der Waals surface area contributed by atoms with E-state index < -0.39 is 0 Å². The Kier molecular flexibility index (Phi) is 6.39. The van der Waals surface area contributed by atoms with Crippen LogP contribution >= 0.6 is 0 Å². The van der Waals surface area contributed by atoms with Crippen molar-refractivity contribution < 1.29 is 0 Å². The highest BCUT2D eigenvalue weighted by Gasteiger charge is 1.96. The maximum absolute atomic E-state index is 3.93. The first-order chi connectivity index (χ1) is 8.26. The van der Waals surface area contributed by atoms with Crippen LogP contribution in [0.1, 0.15) is 43.7 Å². The minimum atomic E-state index is 1.06. The van der Waals surface area contributed by atoms with E-state index in [-0.39, 0.29) is 0 Å². The van der Waals surface area contributed by atoms with Gasteiger partial charge in [0, 0.05) is 0 Å². The first kappa shape index (κ1) is 13.8. The molecule has 1 rings (SSSR count). The van der Waals surface area contributed by atoms with E-state index in [2.05, 4.69) is 44.3 Å². The van der Waals surface area contributed by atoms with Crippen LogP contribution in [0.25, 0.3) is 0 Å². The molecule has 0 saturated carbocycles. The first-order valence-electron chi connectivity index (χ1n) is 6.64. The lowest BCUT2D eigenvalue weighted by molar-refractivity contribution is 0.792. The third kappa shape index (κ3) is 5.53. The fourth-order valence-electron chi connectivity index (χ4n) is 1.88. The molecule has 0 aromatic heterocycles. The standard InChI is InChI=1S/C17H24/c1-4-6-9-16-11-13-17(14-12-16)10-7-8-15(3)5-2/h5,11-14H,2-4,6-10H2,1H3. The predicted molar refractivity (Wildman–Crippen MR) is 77.3 cm³/mol. The summed E-state index contributed by atoms with van der Waals surface area (Å²) in [6.45, 7) is 9.90. The van der Waals surface area contributed by atoms with Crippen LogP contribution in [0.4, 0.5) is 0 Å². The summed E-state index contributed by atoms with van der Waals surface area (Å²) in [5.41, 5.74) is 4.04. The van der Waals surface area contributed by atoms with E-state index in [0.29, 0.717) is 0 Å². The van der Waals surface area contributed by atoms with Crippen molar-refractivity contribution >= 4 is 0 Å². The van der Waals surface area contributed by atoms with Gasteiger partial charge in [-0.15, -0.1) is 0 Å². The number of aryl methyl sites for hydroxylation is 2. The van der Waals surface area contributed by atoms with Gasteiger partial charge in [0.15, 0.2) is 0 Å². The molecule has 0 aliphatic carbocycles. The topological polar surface area (TPSA) is 0 Å². The van der Waals surface area contributed by atoms with Crippen LogP contribution in [-0.4, -0.2) is 0 Å². The molecule has 0 bridgehead atoms. The summed E-state index contributed by atoms with van der Waals surface area (Å²) in [6, 6.07) is 9.07. The lowest BCUT2D eigenvalue weighted by Crippen LogP contribution is -1.89. The van der Waals surface area contributed by atoms with Gasteiger partial charge < -0.3 is 0 Å². The Morgan fingerprint density at radius 2 is 1.59 bits per heavy atom. The zero-order valence-electron chi connectivity index (χ0n) is 11.0. The minimum absolute atomic E-state index is 1.06. The second kappa shape index (κ2) is 7.89. The van der Waals surface area contributed by atoms with Crippen LogP contribution in [0.2, 0.25) is 0 Å². The smallest absolute Gasteiger partial charge is 0.0276 e. The molecule has 92 valence electrons. The van der Waals surface area contributed by atoms with Crippen LogP contribution in [0.5, 0.6) is 0 Å². The SMILES string of the molecule is C=CC(=C)CCCc1ccc(CCCC)cc1. The molecule has 0 amide bonds. The summed E-state index contributed by atoms with van der Waals surface area (Å²) in [7, 11) is 0. The Balaban J connectivity index is 2.34. The maximum Gasteiger partial charge on any atom is -0.0276 e. The normalized spacial score (nSPS) is 10.2. The first-order valence-corrected chi connectivity index (χ1v) is 6.64. The molecular weight excluding hydrogens is 204 g/mol. The molecule has 0 aliphatic heterocycles. The van der Waals surface area contributed by atoms with Crippen LogP contribution in [-0.2, 0) is 12.8 Å². The molecule has 0 heterocycles. The van der Waals surface area contributed by atoms with Crippen molar-refractivity contribution in [1.82, 2.24) is 0 Å². The number of allylic oxidation sites excluding steroid dienone is 2. The van der Waals surface area contributed by atoms with Crippen LogP contribution in [0, 0.1) is 0 Å². The molecule has 0 fully saturated rings. The highest BCUT2D eigenvalue weighted by atomic mass is 14.0. The monoisotopic (exact) mass is 228 g/mol. The molecule has 17 heavy (non-hydrogen) atoms. The Labute approximate surface area is 106 Å². The van der Waals surface area contributed by atoms with E-state index in [1.807, 2.05) is 6.08 Å². The zero-order chi connectivity index (χ0) is 12.5. The van der Waals surface area contributed by atoms with E-state index in [1.54, 1.807) is 0 Å². The Hall–Kier alpha value is -1.30. The van der Waals surface area contributed by atoms with Crippen LogP contribution in [0.3, 0.4) is 0 Å². The predicted octanol–water partition coefficient (Wildman–Crippen LogP) is 5.09. The molecule has 0 radical (unpaired) electrons. The van der Waals surface area contributed by atoms with Gasteiger partial charge in [-0.1, -0.05) is 62.4 Å². The minimum Gasteiger partial charge on any atom is -0.0988 e. The lowest BCUT2D eigenvalue weighted by Gasteiger charge is -2.04. The molecule has 0 aliphatic rings. The summed E-state index contributed by atoms with van der Waals surface area (Å²) in [4.78, 5) is 0. The largest absolute Gasteiger partial charge is 0.0988 e. The molecule has 0 heteroatoms. The van der Waals surface area contributed by atoms with Crippen molar-refractivity contribution in [2.24, 2.45) is 0 Å². The molecule has 0 spiro atoms. The van der Waals surface area contributed by atoms with Gasteiger partial charge in [0.2, 0.25) is 0 Å². The molecule has 1 aromatic rings. The molecule has 0 atom stereocenters. The Morgan fingerprint density at radius 1 is 1.06 bits per heavy atom. The third-order valence-corrected chi connectivity index (χ3v) is 3.09. The second-order valence-electron chi connectivity index (χ2n) is 4.64. The van der Waals surface area contributed by atoms with E-state index in [0.717, 1.165) is 18.4 Å². The summed E-state index contributed by atoms with van der Waals surface area (Å²) in [6.07, 6.45) is 8.99. The van der Waals surface area contributed by atoms with Gasteiger partial charge in [-0.2, -0.15) is 0 Å². The van der Waals surface area contributed by atoms with Gasteiger partial charge in [0.25, 0.3) is 0 Å². The summed E-state index contributed by atoms with van der Waals surface area (Å²) < 4.78 is 0. The highest BCUT2D eigenvalue weighted by Crippen LogP contribution is 2.12. The summed E-state index contributed by atoms with van der Waals surface area (Å²) >= 11 is 0. The number of hydrogen-bond acceptors (Lipinski definition) is 0. The molecular formula is C17H24. The van der Waals surface area contributed by atoms with Gasteiger partial charge in [0.05, 0.1) is 0 Å². The highest BCUT2D eigenvalue weighted by molar-refractivity contribution is 5.23. The van der Waals surface area contributed by atoms with Crippen molar-refractivity contribution in [2.45, 2.75) is 45.4 Å². The van der Waals surface area contributed by atoms with Crippen molar-refractivity contribution in [3.05, 3.63) is 60.2 Å². The Morgan fingerprint density at radius 3 is 2.06 bits per heavy atom. The second-order valence-corrected chi connectivity index (χ2v) is 4.64. The van der Waals surface area contributed by atoms with Gasteiger partial charge in [-0.3, -0.25) is 0 Å². The van der Waals surface area contributed by atoms with E-state index in [9.17, 15) is 0 Å². The third-order valence-electron chi connectivity index (χ3n) is 3.09. The van der Waals surface area contributed by atoms with Crippen molar-refractivity contribution in [3.8, 4) is 0 Å². The van der Waals surface area contributed by atoms with Crippen molar-refractivity contribution in [1.29, 1.82) is 0 Å². The van der Waals surface area contributed by atoms with E-state index >= 15 is 0 Å². The van der Waals surface area contributed by atoms with Crippen molar-refractivity contribution in [2.75, 3.05) is 0 Å². The fraction of sp³-hybridized carbons (Fsp3) is 0.412. The molecule has 0 saturated heterocycles. The zero-order valence-corrected chi connectivity index (χ0v) is 11.0. The molecule has 1 aromatic carbocycles. The number of rotatable bonds is 8. The number of hydrogen-bond donors (Lipinski definition) is 0.